The van der Waals surface area contributed by atoms with Gasteiger partial charge in [-0.15, -0.1) is 0 Å². The van der Waals surface area contributed by atoms with Gasteiger partial charge in [-0.2, -0.15) is 0 Å². The van der Waals surface area contributed by atoms with Crippen LogP contribution < -0.4 is 5.32 Å². The highest BCUT2D eigenvalue weighted by atomic mass is 16.4. The summed E-state index contributed by atoms with van der Waals surface area (Å²) in [6, 6.07) is 9.23. The van der Waals surface area contributed by atoms with Gasteiger partial charge in [0.05, 0.1) is 6.04 Å². The fraction of sp³-hybridized carbons (Fsp3) is 0.500. The van der Waals surface area contributed by atoms with Gasteiger partial charge in [-0.25, -0.2) is 0 Å². The van der Waals surface area contributed by atoms with Gasteiger partial charge in [-0.05, 0) is 18.4 Å². The molecule has 0 aliphatic carbocycles. The molecule has 1 unspecified atom stereocenters. The van der Waals surface area contributed by atoms with E-state index in [-0.39, 0.29) is 18.4 Å². The number of rotatable bonds is 7. The number of aliphatic carboxylic acids is 1. The number of carboxylic acid groups (broad SMARTS) is 1. The maximum Gasteiger partial charge on any atom is 0.303 e. The number of carbonyl (C=O) groups is 2. The molecule has 0 aliphatic heterocycles. The highest BCUT2D eigenvalue weighted by Crippen LogP contribution is 2.24. The molecule has 0 saturated carbocycles. The van der Waals surface area contributed by atoms with Crippen molar-refractivity contribution in [2.24, 2.45) is 5.41 Å². The Labute approximate surface area is 120 Å². The monoisotopic (exact) mass is 277 g/mol. The normalized spacial score (nSPS) is 12.8. The van der Waals surface area contributed by atoms with E-state index in [1.807, 2.05) is 51.1 Å². The molecule has 1 aromatic carbocycles. The van der Waals surface area contributed by atoms with Gasteiger partial charge < -0.3 is 10.4 Å². The molecule has 0 bridgehead atoms. The summed E-state index contributed by atoms with van der Waals surface area (Å²) in [5.41, 5.74) is 0.491. The number of hydrogen-bond acceptors (Lipinski definition) is 2. The van der Waals surface area contributed by atoms with E-state index < -0.39 is 11.4 Å². The lowest BCUT2D eigenvalue weighted by molar-refractivity contribution is -0.138. The molecule has 2 N–H and O–H groups in total. The van der Waals surface area contributed by atoms with Crippen molar-refractivity contribution in [1.82, 2.24) is 5.32 Å². The van der Waals surface area contributed by atoms with E-state index in [0.717, 1.165) is 12.0 Å². The van der Waals surface area contributed by atoms with Crippen LogP contribution in [0.4, 0.5) is 0 Å². The zero-order valence-electron chi connectivity index (χ0n) is 12.3. The molecule has 0 aromatic heterocycles. The molecule has 0 heterocycles. The second-order valence-corrected chi connectivity index (χ2v) is 5.61. The van der Waals surface area contributed by atoms with E-state index in [2.05, 4.69) is 5.32 Å². The molecule has 4 nitrogen and oxygen atoms in total. The Hall–Kier alpha value is -1.84. The fourth-order valence-corrected chi connectivity index (χ4v) is 1.79. The topological polar surface area (TPSA) is 66.4 Å². The number of benzene rings is 1. The highest BCUT2D eigenvalue weighted by molar-refractivity contribution is 5.82. The van der Waals surface area contributed by atoms with Crippen molar-refractivity contribution >= 4 is 11.9 Å². The van der Waals surface area contributed by atoms with Crippen molar-refractivity contribution in [2.75, 3.05) is 0 Å². The maximum absolute atomic E-state index is 12.3. The molecule has 0 fully saturated rings. The van der Waals surface area contributed by atoms with Gasteiger partial charge in [-0.1, -0.05) is 51.1 Å². The van der Waals surface area contributed by atoms with Crippen LogP contribution in [0.25, 0.3) is 0 Å². The Balaban J connectivity index is 2.83. The summed E-state index contributed by atoms with van der Waals surface area (Å²) in [6.07, 6.45) is 1.16. The number of amides is 1. The molecular formula is C16H23NO3. The quantitative estimate of drug-likeness (QED) is 0.804. The summed E-state index contributed by atoms with van der Waals surface area (Å²) in [7, 11) is 0. The predicted octanol–water partition coefficient (Wildman–Crippen LogP) is 3.14. The van der Waals surface area contributed by atoms with E-state index in [4.69, 9.17) is 5.11 Å². The zero-order valence-corrected chi connectivity index (χ0v) is 12.3. The molecule has 1 rings (SSSR count). The molecule has 110 valence electrons. The standard InChI is InChI=1S/C16H23NO3/c1-4-16(2,3)15(20)17-13(10-11-14(18)19)12-8-6-5-7-9-12/h5-9,13H,4,10-11H2,1-3H3,(H,17,20)(H,18,19). The van der Waals surface area contributed by atoms with Gasteiger partial charge in [0.15, 0.2) is 0 Å². The highest BCUT2D eigenvalue weighted by Gasteiger charge is 2.27. The molecule has 0 radical (unpaired) electrons. The Morgan fingerprint density at radius 1 is 1.25 bits per heavy atom. The summed E-state index contributed by atoms with van der Waals surface area (Å²) < 4.78 is 0. The molecular weight excluding hydrogens is 254 g/mol. The SMILES string of the molecule is CCC(C)(C)C(=O)NC(CCC(=O)O)c1ccccc1. The van der Waals surface area contributed by atoms with Crippen LogP contribution in [0.5, 0.6) is 0 Å². The van der Waals surface area contributed by atoms with E-state index in [1.165, 1.54) is 0 Å². The maximum atomic E-state index is 12.3. The minimum Gasteiger partial charge on any atom is -0.481 e. The van der Waals surface area contributed by atoms with Crippen LogP contribution in [-0.4, -0.2) is 17.0 Å². The number of nitrogens with one attached hydrogen (secondary N) is 1. The minimum atomic E-state index is -0.852. The molecule has 0 saturated heterocycles. The van der Waals surface area contributed by atoms with E-state index >= 15 is 0 Å². The zero-order chi connectivity index (χ0) is 15.2. The first-order valence-corrected chi connectivity index (χ1v) is 6.94. The van der Waals surface area contributed by atoms with Crippen molar-refractivity contribution in [3.05, 3.63) is 35.9 Å². The summed E-state index contributed by atoms with van der Waals surface area (Å²) >= 11 is 0. The van der Waals surface area contributed by atoms with Crippen molar-refractivity contribution in [3.8, 4) is 0 Å². The molecule has 1 atom stereocenters. The lowest BCUT2D eigenvalue weighted by Gasteiger charge is -2.26. The van der Waals surface area contributed by atoms with Crippen molar-refractivity contribution in [1.29, 1.82) is 0 Å². The van der Waals surface area contributed by atoms with Crippen molar-refractivity contribution < 1.29 is 14.7 Å². The average molecular weight is 277 g/mol. The number of carbonyl (C=O) groups excluding carboxylic acids is 1. The summed E-state index contributed by atoms with van der Waals surface area (Å²) in [4.78, 5) is 23.0. The Kier molecular flexibility index (Phi) is 5.74. The second-order valence-electron chi connectivity index (χ2n) is 5.61. The largest absolute Gasteiger partial charge is 0.481 e. The summed E-state index contributed by atoms with van der Waals surface area (Å²) in [5, 5.41) is 11.8. The van der Waals surface area contributed by atoms with Crippen molar-refractivity contribution in [2.45, 2.75) is 46.1 Å². The first kappa shape index (κ1) is 16.2. The first-order valence-electron chi connectivity index (χ1n) is 6.94. The third-order valence-electron chi connectivity index (χ3n) is 3.65. The van der Waals surface area contributed by atoms with E-state index in [9.17, 15) is 9.59 Å². The van der Waals surface area contributed by atoms with Gasteiger partial charge in [-0.3, -0.25) is 9.59 Å². The van der Waals surface area contributed by atoms with Crippen molar-refractivity contribution in [3.63, 3.8) is 0 Å². The molecule has 1 aromatic rings. The molecule has 0 aliphatic rings. The van der Waals surface area contributed by atoms with Gasteiger partial charge >= 0.3 is 5.97 Å². The van der Waals surface area contributed by atoms with Crippen LogP contribution >= 0.6 is 0 Å². The third kappa shape index (κ3) is 4.68. The Bertz CT molecular complexity index is 454. The van der Waals surface area contributed by atoms with Crippen LogP contribution in [-0.2, 0) is 9.59 Å². The molecule has 1 amide bonds. The van der Waals surface area contributed by atoms with Crippen LogP contribution in [0.3, 0.4) is 0 Å². The fourth-order valence-electron chi connectivity index (χ4n) is 1.79. The van der Waals surface area contributed by atoms with Crippen LogP contribution in [0.1, 0.15) is 51.6 Å². The average Bonchev–Trinajstić information content (AvgIpc) is 2.43. The number of hydrogen-bond donors (Lipinski definition) is 2. The molecule has 0 spiro atoms. The van der Waals surface area contributed by atoms with Gasteiger partial charge in [0, 0.05) is 11.8 Å². The van der Waals surface area contributed by atoms with E-state index in [1.54, 1.807) is 0 Å². The smallest absolute Gasteiger partial charge is 0.303 e. The van der Waals surface area contributed by atoms with Crippen LogP contribution in [0.2, 0.25) is 0 Å². The van der Waals surface area contributed by atoms with E-state index in [0.29, 0.717) is 6.42 Å². The third-order valence-corrected chi connectivity index (χ3v) is 3.65. The number of carboxylic acids is 1. The first-order chi connectivity index (χ1) is 9.36. The summed E-state index contributed by atoms with van der Waals surface area (Å²) in [5.74, 6) is -0.894. The lowest BCUT2D eigenvalue weighted by Crippen LogP contribution is -2.39. The molecule has 20 heavy (non-hydrogen) atoms. The Morgan fingerprint density at radius 3 is 2.35 bits per heavy atom. The van der Waals surface area contributed by atoms with Gasteiger partial charge in [0.2, 0.25) is 5.91 Å². The van der Waals surface area contributed by atoms with Gasteiger partial charge in [0.25, 0.3) is 0 Å². The van der Waals surface area contributed by atoms with Gasteiger partial charge in [0.1, 0.15) is 0 Å². The lowest BCUT2D eigenvalue weighted by atomic mass is 9.88. The van der Waals surface area contributed by atoms with Crippen LogP contribution in [0, 0.1) is 5.41 Å². The predicted molar refractivity (Wildman–Crippen MR) is 78.3 cm³/mol. The second kappa shape index (κ2) is 7.08. The summed E-state index contributed by atoms with van der Waals surface area (Å²) in [6.45, 7) is 5.75. The molecule has 4 heteroatoms. The Morgan fingerprint density at radius 2 is 1.85 bits per heavy atom. The van der Waals surface area contributed by atoms with Crippen LogP contribution in [0.15, 0.2) is 30.3 Å². The minimum absolute atomic E-state index is 0.0341.